The Morgan fingerprint density at radius 2 is 2.36 bits per heavy atom. The fraction of sp³-hybridized carbons (Fsp3) is 0.625. The van der Waals surface area contributed by atoms with Crippen molar-refractivity contribution in [2.45, 2.75) is 25.3 Å². The quantitative estimate of drug-likeness (QED) is 0.543. The number of nitrogens with two attached hydrogens (primary N) is 1. The van der Waals surface area contributed by atoms with Crippen LogP contribution in [-0.4, -0.2) is 17.0 Å². The number of hydrogen-bond donors (Lipinski definition) is 2. The first-order chi connectivity index (χ1) is 5.27. The molecule has 0 radical (unpaired) electrons. The summed E-state index contributed by atoms with van der Waals surface area (Å²) in [5.41, 5.74) is 5.49. The van der Waals surface area contributed by atoms with Gasteiger partial charge in [-0.2, -0.15) is 0 Å². The number of rotatable bonds is 0. The highest BCUT2D eigenvalue weighted by Gasteiger charge is 2.32. The lowest BCUT2D eigenvalue weighted by molar-refractivity contribution is 0.314. The first-order valence-corrected chi connectivity index (χ1v) is 4.01. The van der Waals surface area contributed by atoms with Crippen molar-refractivity contribution in [2.24, 2.45) is 16.6 Å². The lowest BCUT2D eigenvalue weighted by Gasteiger charge is -2.19. The van der Waals surface area contributed by atoms with Crippen LogP contribution in [0.25, 0.3) is 0 Å². The van der Waals surface area contributed by atoms with Gasteiger partial charge in [-0.15, -0.1) is 0 Å². The van der Waals surface area contributed by atoms with Gasteiger partial charge in [-0.05, 0) is 12.8 Å². The number of fused-ring (bicyclic) bond motifs is 1. The van der Waals surface area contributed by atoms with E-state index in [4.69, 9.17) is 5.73 Å². The Bertz CT molecular complexity index is 232. The molecule has 0 aromatic heterocycles. The van der Waals surface area contributed by atoms with Gasteiger partial charge in [0.2, 0.25) is 0 Å². The molecule has 1 fully saturated rings. The van der Waals surface area contributed by atoms with Gasteiger partial charge in [-0.3, -0.25) is 4.99 Å². The Labute approximate surface area is 65.6 Å². The highest BCUT2D eigenvalue weighted by atomic mass is 16.3. The Morgan fingerprint density at radius 1 is 1.55 bits per heavy atom. The third kappa shape index (κ3) is 1.00. The normalized spacial score (nSPS) is 36.0. The van der Waals surface area contributed by atoms with Gasteiger partial charge in [0.15, 0.2) is 0 Å². The average molecular weight is 152 g/mol. The SMILES string of the molecule is NC1=NC2CCCC2C(O)=C1. The van der Waals surface area contributed by atoms with Gasteiger partial charge >= 0.3 is 0 Å². The summed E-state index contributed by atoms with van der Waals surface area (Å²) in [5, 5.41) is 9.45. The third-order valence-electron chi connectivity index (χ3n) is 2.47. The lowest BCUT2D eigenvalue weighted by Crippen LogP contribution is -2.25. The molecule has 0 aromatic rings. The van der Waals surface area contributed by atoms with Crippen LogP contribution in [0, 0.1) is 5.92 Å². The van der Waals surface area contributed by atoms with Crippen LogP contribution < -0.4 is 5.73 Å². The summed E-state index contributed by atoms with van der Waals surface area (Å²) < 4.78 is 0. The van der Waals surface area contributed by atoms with Crippen molar-refractivity contribution in [1.82, 2.24) is 0 Å². The maximum atomic E-state index is 9.45. The van der Waals surface area contributed by atoms with E-state index in [9.17, 15) is 5.11 Å². The second-order valence-electron chi connectivity index (χ2n) is 3.23. The van der Waals surface area contributed by atoms with Crippen LogP contribution in [0.1, 0.15) is 19.3 Å². The van der Waals surface area contributed by atoms with Crippen molar-refractivity contribution in [3.05, 3.63) is 11.8 Å². The minimum Gasteiger partial charge on any atom is -0.512 e. The molecular formula is C8H12N2O. The fourth-order valence-electron chi connectivity index (χ4n) is 1.93. The summed E-state index contributed by atoms with van der Waals surface area (Å²) in [6.45, 7) is 0. The molecule has 0 saturated heterocycles. The van der Waals surface area contributed by atoms with Gasteiger partial charge < -0.3 is 10.8 Å². The molecule has 1 aliphatic heterocycles. The van der Waals surface area contributed by atoms with Gasteiger partial charge in [-0.25, -0.2) is 0 Å². The Hall–Kier alpha value is -0.990. The molecule has 0 aromatic carbocycles. The number of aliphatic imine (C=N–C) groups is 1. The number of amidine groups is 1. The molecule has 1 aliphatic carbocycles. The average Bonchev–Trinajstić information content (AvgIpc) is 2.34. The van der Waals surface area contributed by atoms with E-state index < -0.39 is 0 Å². The summed E-state index contributed by atoms with van der Waals surface area (Å²) in [6, 6.07) is 0.264. The molecule has 2 atom stereocenters. The number of hydrogen-bond acceptors (Lipinski definition) is 3. The minimum atomic E-state index is 0.264. The predicted molar refractivity (Wildman–Crippen MR) is 43.5 cm³/mol. The molecule has 1 heterocycles. The molecular weight excluding hydrogens is 140 g/mol. The van der Waals surface area contributed by atoms with E-state index in [1.807, 2.05) is 0 Å². The second kappa shape index (κ2) is 2.26. The molecule has 60 valence electrons. The number of aliphatic hydroxyl groups excluding tert-OH is 1. The van der Waals surface area contributed by atoms with Crippen molar-refractivity contribution in [1.29, 1.82) is 0 Å². The fourth-order valence-corrected chi connectivity index (χ4v) is 1.93. The predicted octanol–water partition coefficient (Wildman–Crippen LogP) is 0.968. The zero-order valence-corrected chi connectivity index (χ0v) is 6.33. The molecule has 3 heteroatoms. The molecule has 3 N–H and O–H groups in total. The highest BCUT2D eigenvalue weighted by Crippen LogP contribution is 2.34. The Morgan fingerprint density at radius 3 is 3.18 bits per heavy atom. The number of nitrogens with zero attached hydrogens (tertiary/aromatic N) is 1. The molecule has 2 aliphatic rings. The smallest absolute Gasteiger partial charge is 0.121 e. The summed E-state index contributed by atoms with van der Waals surface area (Å²) >= 11 is 0. The van der Waals surface area contributed by atoms with E-state index in [1.54, 1.807) is 6.08 Å². The molecule has 11 heavy (non-hydrogen) atoms. The van der Waals surface area contributed by atoms with Crippen LogP contribution in [0.3, 0.4) is 0 Å². The van der Waals surface area contributed by atoms with Crippen molar-refractivity contribution in [2.75, 3.05) is 0 Å². The van der Waals surface area contributed by atoms with Crippen LogP contribution in [0.5, 0.6) is 0 Å². The maximum absolute atomic E-state index is 9.45. The molecule has 0 amide bonds. The second-order valence-corrected chi connectivity index (χ2v) is 3.23. The van der Waals surface area contributed by atoms with Gasteiger partial charge in [0.25, 0.3) is 0 Å². The van der Waals surface area contributed by atoms with E-state index in [-0.39, 0.29) is 12.0 Å². The Balaban J connectivity index is 2.28. The van der Waals surface area contributed by atoms with Crippen LogP contribution >= 0.6 is 0 Å². The van der Waals surface area contributed by atoms with Gasteiger partial charge in [0.1, 0.15) is 11.6 Å². The van der Waals surface area contributed by atoms with Gasteiger partial charge in [-0.1, -0.05) is 6.42 Å². The highest BCUT2D eigenvalue weighted by molar-refractivity contribution is 5.92. The summed E-state index contributed by atoms with van der Waals surface area (Å²) in [7, 11) is 0. The zero-order chi connectivity index (χ0) is 7.84. The monoisotopic (exact) mass is 152 g/mol. The zero-order valence-electron chi connectivity index (χ0n) is 6.33. The minimum absolute atomic E-state index is 0.264. The summed E-state index contributed by atoms with van der Waals surface area (Å²) in [4.78, 5) is 4.25. The summed E-state index contributed by atoms with van der Waals surface area (Å²) in [5.74, 6) is 1.17. The van der Waals surface area contributed by atoms with Crippen LogP contribution in [0.4, 0.5) is 0 Å². The van der Waals surface area contributed by atoms with Crippen molar-refractivity contribution < 1.29 is 5.11 Å². The van der Waals surface area contributed by atoms with Gasteiger partial charge in [0.05, 0.1) is 6.04 Å². The molecule has 0 spiro atoms. The van der Waals surface area contributed by atoms with Crippen LogP contribution in [-0.2, 0) is 0 Å². The molecule has 0 bridgehead atoms. The molecule has 3 nitrogen and oxygen atoms in total. The van der Waals surface area contributed by atoms with Crippen LogP contribution in [0.15, 0.2) is 16.8 Å². The van der Waals surface area contributed by atoms with Gasteiger partial charge in [0, 0.05) is 12.0 Å². The standard InChI is InChI=1S/C8H12N2O/c9-8-4-7(11)5-2-1-3-6(5)10-8/h4-6,11H,1-3H2,(H2,9,10). The number of aliphatic hydroxyl groups is 1. The first-order valence-electron chi connectivity index (χ1n) is 4.01. The third-order valence-corrected chi connectivity index (χ3v) is 2.47. The first kappa shape index (κ1) is 6.70. The molecule has 2 rings (SSSR count). The van der Waals surface area contributed by atoms with E-state index in [0.29, 0.717) is 11.6 Å². The lowest BCUT2D eigenvalue weighted by atomic mass is 9.99. The number of dihydropyridines is 1. The van der Waals surface area contributed by atoms with E-state index in [0.717, 1.165) is 19.3 Å². The Kier molecular flexibility index (Phi) is 1.37. The van der Waals surface area contributed by atoms with Crippen molar-refractivity contribution in [3.63, 3.8) is 0 Å². The van der Waals surface area contributed by atoms with Crippen LogP contribution in [0.2, 0.25) is 0 Å². The van der Waals surface area contributed by atoms with E-state index >= 15 is 0 Å². The topological polar surface area (TPSA) is 58.6 Å². The van der Waals surface area contributed by atoms with Crippen molar-refractivity contribution >= 4 is 5.84 Å². The van der Waals surface area contributed by atoms with E-state index in [2.05, 4.69) is 4.99 Å². The largest absolute Gasteiger partial charge is 0.512 e. The van der Waals surface area contributed by atoms with Crippen molar-refractivity contribution in [3.8, 4) is 0 Å². The summed E-state index contributed by atoms with van der Waals surface area (Å²) in [6.07, 6.45) is 4.86. The maximum Gasteiger partial charge on any atom is 0.121 e. The van der Waals surface area contributed by atoms with E-state index in [1.165, 1.54) is 0 Å². The molecule has 1 saturated carbocycles. The molecule has 2 unspecified atom stereocenters.